The number of carbonyl (C=O) groups is 1. The molecule has 1 heterocycles. The molecule has 25 heavy (non-hydrogen) atoms. The number of rotatable bonds is 5. The summed E-state index contributed by atoms with van der Waals surface area (Å²) in [5.74, 6) is 0.0133. The highest BCUT2D eigenvalue weighted by Gasteiger charge is 2.15. The largest absolute Gasteiger partial charge is 0.496 e. The van der Waals surface area contributed by atoms with Gasteiger partial charge < -0.3 is 9.47 Å². The number of esters is 1. The molecule has 0 fully saturated rings. The predicted molar refractivity (Wildman–Crippen MR) is 94.0 cm³/mol. The van der Waals surface area contributed by atoms with Gasteiger partial charge in [0.1, 0.15) is 17.9 Å². The Balaban J connectivity index is 1.71. The fourth-order valence-electron chi connectivity index (χ4n) is 2.66. The second-order valence-electron chi connectivity index (χ2n) is 5.55. The molecule has 2 aromatic carbocycles. The molecule has 128 valence electrons. The first-order valence-electron chi connectivity index (χ1n) is 7.86. The Hall–Kier alpha value is -3.15. The maximum Gasteiger partial charge on any atom is 0.341 e. The lowest BCUT2D eigenvalue weighted by molar-refractivity contribution is 0.0486. The highest BCUT2D eigenvalue weighted by atomic mass is 16.5. The van der Waals surface area contributed by atoms with Crippen LogP contribution in [-0.2, 0) is 11.3 Å². The van der Waals surface area contributed by atoms with Crippen molar-refractivity contribution in [1.29, 1.82) is 0 Å². The molecule has 0 atom stereocenters. The van der Waals surface area contributed by atoms with Crippen LogP contribution in [0.15, 0.2) is 53.6 Å². The Labute approximate surface area is 144 Å². The quantitative estimate of drug-likeness (QED) is 0.669. The van der Waals surface area contributed by atoms with Crippen LogP contribution in [0.2, 0.25) is 0 Å². The van der Waals surface area contributed by atoms with Crippen molar-refractivity contribution in [3.05, 3.63) is 70.3 Å². The summed E-state index contributed by atoms with van der Waals surface area (Å²) in [5, 5.41) is 0.539. The van der Waals surface area contributed by atoms with Gasteiger partial charge in [-0.1, -0.05) is 24.3 Å². The van der Waals surface area contributed by atoms with E-state index in [1.807, 2.05) is 19.1 Å². The van der Waals surface area contributed by atoms with E-state index in [4.69, 9.17) is 9.47 Å². The molecule has 6 nitrogen and oxygen atoms in total. The topological polar surface area (TPSA) is 70.4 Å². The van der Waals surface area contributed by atoms with Crippen LogP contribution in [-0.4, -0.2) is 29.2 Å². The second kappa shape index (κ2) is 7.17. The summed E-state index contributed by atoms with van der Waals surface area (Å²) in [6.45, 7) is 2.16. The van der Waals surface area contributed by atoms with E-state index >= 15 is 0 Å². The summed E-state index contributed by atoms with van der Waals surface area (Å²) < 4.78 is 12.0. The number of hydrogen-bond acceptors (Lipinski definition) is 5. The lowest BCUT2D eigenvalue weighted by atomic mass is 10.1. The number of para-hydroxylation sites is 2. The van der Waals surface area contributed by atoms with Crippen molar-refractivity contribution in [2.45, 2.75) is 13.5 Å². The van der Waals surface area contributed by atoms with E-state index in [2.05, 4.69) is 4.98 Å². The first-order valence-corrected chi connectivity index (χ1v) is 7.86. The van der Waals surface area contributed by atoms with E-state index in [1.165, 1.54) is 18.0 Å². The van der Waals surface area contributed by atoms with Gasteiger partial charge >= 0.3 is 5.97 Å². The van der Waals surface area contributed by atoms with Gasteiger partial charge in [-0.3, -0.25) is 9.36 Å². The lowest BCUT2D eigenvalue weighted by Gasteiger charge is -2.11. The van der Waals surface area contributed by atoms with Gasteiger partial charge in [-0.2, -0.15) is 0 Å². The molecule has 0 N–H and O–H groups in total. The third kappa shape index (κ3) is 3.38. The number of aromatic nitrogens is 2. The maximum absolute atomic E-state index is 12.4. The average molecular weight is 338 g/mol. The van der Waals surface area contributed by atoms with Crippen LogP contribution in [0.25, 0.3) is 10.9 Å². The van der Waals surface area contributed by atoms with E-state index in [0.29, 0.717) is 22.2 Å². The number of ether oxygens (including phenoxy) is 2. The SMILES string of the molecule is COc1c(C)cccc1C(=O)OCCn1cnc2ccccc2c1=O. The molecule has 3 rings (SSSR count). The van der Waals surface area contributed by atoms with Crippen LogP contribution in [0.4, 0.5) is 0 Å². The van der Waals surface area contributed by atoms with Crippen molar-refractivity contribution >= 4 is 16.9 Å². The van der Waals surface area contributed by atoms with E-state index in [9.17, 15) is 9.59 Å². The summed E-state index contributed by atoms with van der Waals surface area (Å²) in [6, 6.07) is 12.4. The van der Waals surface area contributed by atoms with Gasteiger partial charge in [-0.25, -0.2) is 9.78 Å². The van der Waals surface area contributed by atoms with Gasteiger partial charge in [0.25, 0.3) is 5.56 Å². The van der Waals surface area contributed by atoms with Gasteiger partial charge in [-0.05, 0) is 30.7 Å². The number of methoxy groups -OCH3 is 1. The van der Waals surface area contributed by atoms with Gasteiger partial charge in [0.2, 0.25) is 0 Å². The molecule has 0 spiro atoms. The molecule has 0 saturated carbocycles. The minimum atomic E-state index is -0.484. The van der Waals surface area contributed by atoms with E-state index in [-0.39, 0.29) is 18.7 Å². The lowest BCUT2D eigenvalue weighted by Crippen LogP contribution is -2.23. The number of fused-ring (bicyclic) bond motifs is 1. The van der Waals surface area contributed by atoms with Crippen LogP contribution < -0.4 is 10.3 Å². The molecule has 0 aliphatic rings. The third-order valence-electron chi connectivity index (χ3n) is 3.93. The molecular weight excluding hydrogens is 320 g/mol. The second-order valence-corrected chi connectivity index (χ2v) is 5.55. The monoisotopic (exact) mass is 338 g/mol. The summed E-state index contributed by atoms with van der Waals surface area (Å²) in [7, 11) is 1.51. The molecule has 0 aliphatic heterocycles. The molecule has 0 saturated heterocycles. The maximum atomic E-state index is 12.4. The van der Waals surface area contributed by atoms with Crippen molar-refractivity contribution in [3.8, 4) is 5.75 Å². The highest BCUT2D eigenvalue weighted by molar-refractivity contribution is 5.93. The zero-order valence-corrected chi connectivity index (χ0v) is 14.1. The van der Waals surface area contributed by atoms with Gasteiger partial charge in [-0.15, -0.1) is 0 Å². The minimum absolute atomic E-state index is 0.0653. The van der Waals surface area contributed by atoms with E-state index in [0.717, 1.165) is 5.56 Å². The fourth-order valence-corrected chi connectivity index (χ4v) is 2.66. The summed E-state index contributed by atoms with van der Waals surface area (Å²) in [4.78, 5) is 28.9. The normalized spacial score (nSPS) is 10.6. The van der Waals surface area contributed by atoms with Crippen molar-refractivity contribution in [1.82, 2.24) is 9.55 Å². The first-order chi connectivity index (χ1) is 12.1. The van der Waals surface area contributed by atoms with Gasteiger partial charge in [0.15, 0.2) is 0 Å². The standard InChI is InChI=1S/C19H18N2O4/c1-13-6-5-8-15(17(13)24-2)19(23)25-11-10-21-12-20-16-9-4-3-7-14(16)18(21)22/h3-9,12H,10-11H2,1-2H3. The Morgan fingerprint density at radius 2 is 1.96 bits per heavy atom. The summed E-state index contributed by atoms with van der Waals surface area (Å²) in [5.41, 5.74) is 1.71. The summed E-state index contributed by atoms with van der Waals surface area (Å²) >= 11 is 0. The molecule has 1 aromatic heterocycles. The van der Waals surface area contributed by atoms with E-state index < -0.39 is 5.97 Å². The number of aryl methyl sites for hydroxylation is 1. The molecular formula is C19H18N2O4. The van der Waals surface area contributed by atoms with Crippen LogP contribution in [0.1, 0.15) is 15.9 Å². The summed E-state index contributed by atoms with van der Waals surface area (Å²) in [6.07, 6.45) is 1.46. The smallest absolute Gasteiger partial charge is 0.341 e. The van der Waals surface area contributed by atoms with Crippen LogP contribution >= 0.6 is 0 Å². The zero-order chi connectivity index (χ0) is 17.8. The first kappa shape index (κ1) is 16.7. The molecule has 3 aromatic rings. The molecule has 0 radical (unpaired) electrons. The Kier molecular flexibility index (Phi) is 4.79. The van der Waals surface area contributed by atoms with Crippen molar-refractivity contribution in [2.75, 3.05) is 13.7 Å². The molecule has 0 unspecified atom stereocenters. The molecule has 0 bridgehead atoms. The molecule has 0 aliphatic carbocycles. The molecule has 0 amide bonds. The van der Waals surface area contributed by atoms with Gasteiger partial charge in [0.05, 0.1) is 30.9 Å². The van der Waals surface area contributed by atoms with Gasteiger partial charge in [0, 0.05) is 0 Å². The van der Waals surface area contributed by atoms with Crippen LogP contribution in [0, 0.1) is 6.92 Å². The Bertz CT molecular complexity index is 979. The predicted octanol–water partition coefficient (Wildman–Crippen LogP) is 2.57. The number of nitrogens with zero attached hydrogens (tertiary/aromatic N) is 2. The number of carbonyl (C=O) groups excluding carboxylic acids is 1. The van der Waals surface area contributed by atoms with Crippen molar-refractivity contribution in [3.63, 3.8) is 0 Å². The Morgan fingerprint density at radius 1 is 1.16 bits per heavy atom. The zero-order valence-electron chi connectivity index (χ0n) is 14.1. The Morgan fingerprint density at radius 3 is 2.76 bits per heavy atom. The third-order valence-corrected chi connectivity index (χ3v) is 3.93. The van der Waals surface area contributed by atoms with Crippen LogP contribution in [0.3, 0.4) is 0 Å². The van der Waals surface area contributed by atoms with Crippen LogP contribution in [0.5, 0.6) is 5.75 Å². The van der Waals surface area contributed by atoms with Crippen molar-refractivity contribution in [2.24, 2.45) is 0 Å². The highest BCUT2D eigenvalue weighted by Crippen LogP contribution is 2.23. The van der Waals surface area contributed by atoms with E-state index in [1.54, 1.807) is 30.3 Å². The fraction of sp³-hybridized carbons (Fsp3) is 0.211. The average Bonchev–Trinajstić information content (AvgIpc) is 2.63. The number of hydrogen-bond donors (Lipinski definition) is 0. The minimum Gasteiger partial charge on any atom is -0.496 e. The molecule has 6 heteroatoms. The van der Waals surface area contributed by atoms with Crippen molar-refractivity contribution < 1.29 is 14.3 Å². The number of benzene rings is 2.